The van der Waals surface area contributed by atoms with Gasteiger partial charge in [0, 0.05) is 25.2 Å². The molecular formula is C15H23ClN2O. The minimum Gasteiger partial charge on any atom is -0.338 e. The molecular weight excluding hydrogens is 260 g/mol. The van der Waals surface area contributed by atoms with Crippen LogP contribution >= 0.6 is 12.4 Å². The van der Waals surface area contributed by atoms with Gasteiger partial charge in [-0.2, -0.15) is 0 Å². The number of benzene rings is 1. The highest BCUT2D eigenvalue weighted by atomic mass is 35.5. The van der Waals surface area contributed by atoms with Crippen LogP contribution in [0, 0.1) is 5.92 Å². The molecule has 3 nitrogen and oxygen atoms in total. The third kappa shape index (κ3) is 4.51. The first-order valence-electron chi connectivity index (χ1n) is 6.83. The van der Waals surface area contributed by atoms with Crippen LogP contribution < -0.4 is 5.73 Å². The van der Waals surface area contributed by atoms with Gasteiger partial charge in [-0.1, -0.05) is 19.1 Å². The molecule has 1 fully saturated rings. The van der Waals surface area contributed by atoms with E-state index in [1.54, 1.807) is 0 Å². The van der Waals surface area contributed by atoms with Gasteiger partial charge >= 0.3 is 0 Å². The molecule has 1 amide bonds. The van der Waals surface area contributed by atoms with Gasteiger partial charge in [0.2, 0.25) is 0 Å². The fourth-order valence-electron chi connectivity index (χ4n) is 2.12. The second kappa shape index (κ2) is 7.51. The molecule has 1 aromatic rings. The van der Waals surface area contributed by atoms with Crippen molar-refractivity contribution in [1.82, 2.24) is 4.90 Å². The van der Waals surface area contributed by atoms with Gasteiger partial charge in [-0.3, -0.25) is 4.79 Å². The summed E-state index contributed by atoms with van der Waals surface area (Å²) in [4.78, 5) is 14.4. The SMILES string of the molecule is CCCN(CC1CC1)C(=O)c1ccc(CN)cc1.Cl. The van der Waals surface area contributed by atoms with Crippen LogP contribution in [0.5, 0.6) is 0 Å². The topological polar surface area (TPSA) is 46.3 Å². The van der Waals surface area contributed by atoms with E-state index in [4.69, 9.17) is 5.73 Å². The van der Waals surface area contributed by atoms with Gasteiger partial charge in [-0.15, -0.1) is 12.4 Å². The van der Waals surface area contributed by atoms with Crippen molar-refractivity contribution in [1.29, 1.82) is 0 Å². The molecule has 0 aromatic heterocycles. The van der Waals surface area contributed by atoms with Gasteiger partial charge in [0.05, 0.1) is 0 Å². The normalized spacial score (nSPS) is 13.8. The van der Waals surface area contributed by atoms with Crippen LogP contribution in [0.1, 0.15) is 42.1 Å². The summed E-state index contributed by atoms with van der Waals surface area (Å²) < 4.78 is 0. The summed E-state index contributed by atoms with van der Waals surface area (Å²) in [5, 5.41) is 0. The van der Waals surface area contributed by atoms with E-state index in [1.165, 1.54) is 12.8 Å². The fraction of sp³-hybridized carbons (Fsp3) is 0.533. The number of carbonyl (C=O) groups is 1. The van der Waals surface area contributed by atoms with Crippen molar-refractivity contribution >= 4 is 18.3 Å². The van der Waals surface area contributed by atoms with Crippen LogP contribution in [0.25, 0.3) is 0 Å². The Balaban J connectivity index is 0.00000180. The minimum absolute atomic E-state index is 0. The Morgan fingerprint density at radius 1 is 1.32 bits per heavy atom. The van der Waals surface area contributed by atoms with E-state index < -0.39 is 0 Å². The van der Waals surface area contributed by atoms with Crippen LogP contribution in [0.4, 0.5) is 0 Å². The Bertz CT molecular complexity index is 401. The molecule has 0 heterocycles. The number of carbonyl (C=O) groups excluding carboxylic acids is 1. The molecule has 106 valence electrons. The van der Waals surface area contributed by atoms with Crippen LogP contribution in [0.2, 0.25) is 0 Å². The lowest BCUT2D eigenvalue weighted by molar-refractivity contribution is 0.0747. The number of nitrogens with zero attached hydrogens (tertiary/aromatic N) is 1. The molecule has 4 heteroatoms. The minimum atomic E-state index is 0. The highest BCUT2D eigenvalue weighted by Gasteiger charge is 2.26. The molecule has 0 saturated heterocycles. The molecule has 1 saturated carbocycles. The summed E-state index contributed by atoms with van der Waals surface area (Å²) in [5.74, 6) is 0.899. The highest BCUT2D eigenvalue weighted by Crippen LogP contribution is 2.30. The first-order chi connectivity index (χ1) is 8.74. The predicted octanol–water partition coefficient (Wildman–Crippen LogP) is 2.83. The molecule has 1 aromatic carbocycles. The summed E-state index contributed by atoms with van der Waals surface area (Å²) in [6, 6.07) is 7.66. The number of nitrogens with two attached hydrogens (primary N) is 1. The number of rotatable bonds is 6. The summed E-state index contributed by atoms with van der Waals surface area (Å²) in [5.41, 5.74) is 7.41. The lowest BCUT2D eigenvalue weighted by Crippen LogP contribution is -2.33. The smallest absolute Gasteiger partial charge is 0.253 e. The molecule has 2 N–H and O–H groups in total. The van der Waals surface area contributed by atoms with Crippen LogP contribution in [-0.2, 0) is 6.54 Å². The van der Waals surface area contributed by atoms with Crippen molar-refractivity contribution in [3.8, 4) is 0 Å². The highest BCUT2D eigenvalue weighted by molar-refractivity contribution is 5.94. The maximum atomic E-state index is 12.4. The van der Waals surface area contributed by atoms with Gasteiger partial charge in [-0.25, -0.2) is 0 Å². The number of hydrogen-bond acceptors (Lipinski definition) is 2. The summed E-state index contributed by atoms with van der Waals surface area (Å²) >= 11 is 0. The number of hydrogen-bond donors (Lipinski definition) is 1. The third-order valence-corrected chi connectivity index (χ3v) is 3.39. The Kier molecular flexibility index (Phi) is 6.32. The van der Waals surface area contributed by atoms with E-state index in [0.29, 0.717) is 6.54 Å². The Labute approximate surface area is 121 Å². The number of halogens is 1. The van der Waals surface area contributed by atoms with E-state index >= 15 is 0 Å². The lowest BCUT2D eigenvalue weighted by Gasteiger charge is -2.22. The first kappa shape index (κ1) is 16.0. The van der Waals surface area contributed by atoms with Crippen LogP contribution in [0.15, 0.2) is 24.3 Å². The van der Waals surface area contributed by atoms with Gasteiger partial charge < -0.3 is 10.6 Å². The predicted molar refractivity (Wildman–Crippen MR) is 80.5 cm³/mol. The second-order valence-corrected chi connectivity index (χ2v) is 5.10. The van der Waals surface area contributed by atoms with Crippen LogP contribution in [-0.4, -0.2) is 23.9 Å². The zero-order chi connectivity index (χ0) is 13.0. The van der Waals surface area contributed by atoms with E-state index in [9.17, 15) is 4.79 Å². The van der Waals surface area contributed by atoms with E-state index in [0.717, 1.165) is 36.6 Å². The zero-order valence-electron chi connectivity index (χ0n) is 11.5. The maximum absolute atomic E-state index is 12.4. The second-order valence-electron chi connectivity index (χ2n) is 5.10. The standard InChI is InChI=1S/C15H22N2O.ClH/c1-2-9-17(11-13-3-4-13)15(18)14-7-5-12(10-16)6-8-14;/h5-8,13H,2-4,9-11,16H2,1H3;1H. The largest absolute Gasteiger partial charge is 0.338 e. The monoisotopic (exact) mass is 282 g/mol. The molecule has 19 heavy (non-hydrogen) atoms. The molecule has 0 unspecified atom stereocenters. The first-order valence-corrected chi connectivity index (χ1v) is 6.83. The van der Waals surface area contributed by atoms with Crippen molar-refractivity contribution in [3.63, 3.8) is 0 Å². The molecule has 1 aliphatic carbocycles. The quantitative estimate of drug-likeness (QED) is 0.872. The van der Waals surface area contributed by atoms with E-state index in [-0.39, 0.29) is 18.3 Å². The molecule has 0 bridgehead atoms. The summed E-state index contributed by atoms with van der Waals surface area (Å²) in [7, 11) is 0. The number of amides is 1. The average molecular weight is 283 g/mol. The molecule has 0 radical (unpaired) electrons. The molecule has 0 atom stereocenters. The molecule has 1 aliphatic rings. The summed E-state index contributed by atoms with van der Waals surface area (Å²) in [6.45, 7) is 4.42. The molecule has 0 spiro atoms. The lowest BCUT2D eigenvalue weighted by atomic mass is 10.1. The fourth-order valence-corrected chi connectivity index (χ4v) is 2.12. The maximum Gasteiger partial charge on any atom is 0.253 e. The van der Waals surface area contributed by atoms with E-state index in [1.807, 2.05) is 29.2 Å². The average Bonchev–Trinajstić information content (AvgIpc) is 3.21. The zero-order valence-corrected chi connectivity index (χ0v) is 12.3. The van der Waals surface area contributed by atoms with Gasteiger partial charge in [0.15, 0.2) is 0 Å². The Morgan fingerprint density at radius 2 is 1.95 bits per heavy atom. The van der Waals surface area contributed by atoms with Gasteiger partial charge in [-0.05, 0) is 42.9 Å². The van der Waals surface area contributed by atoms with Crippen molar-refractivity contribution in [2.24, 2.45) is 11.7 Å². The van der Waals surface area contributed by atoms with Crippen molar-refractivity contribution < 1.29 is 4.79 Å². The van der Waals surface area contributed by atoms with Crippen molar-refractivity contribution in [2.75, 3.05) is 13.1 Å². The Morgan fingerprint density at radius 3 is 2.42 bits per heavy atom. The third-order valence-electron chi connectivity index (χ3n) is 3.39. The van der Waals surface area contributed by atoms with Crippen molar-refractivity contribution in [2.45, 2.75) is 32.7 Å². The Hall–Kier alpha value is -1.06. The van der Waals surface area contributed by atoms with Gasteiger partial charge in [0.25, 0.3) is 5.91 Å². The van der Waals surface area contributed by atoms with E-state index in [2.05, 4.69) is 6.92 Å². The van der Waals surface area contributed by atoms with Crippen molar-refractivity contribution in [3.05, 3.63) is 35.4 Å². The van der Waals surface area contributed by atoms with Crippen LogP contribution in [0.3, 0.4) is 0 Å². The molecule has 2 rings (SSSR count). The van der Waals surface area contributed by atoms with Gasteiger partial charge in [0.1, 0.15) is 0 Å². The summed E-state index contributed by atoms with van der Waals surface area (Å²) in [6.07, 6.45) is 3.57. The molecule has 0 aliphatic heterocycles.